The quantitative estimate of drug-likeness (QED) is 0.388. The first-order chi connectivity index (χ1) is 4.13. The van der Waals surface area contributed by atoms with Gasteiger partial charge in [0.2, 0.25) is 0 Å². The van der Waals surface area contributed by atoms with E-state index in [1.165, 1.54) is 0 Å². The number of hydrogen-bond donors (Lipinski definition) is 3. The molecule has 4 nitrogen and oxygen atoms in total. The van der Waals surface area contributed by atoms with Crippen molar-refractivity contribution >= 4 is 0 Å². The molecule has 9 heavy (non-hydrogen) atoms. The highest BCUT2D eigenvalue weighted by molar-refractivity contribution is 4.86. The number of rotatable bonds is 0. The Labute approximate surface area is 53.3 Å². The Hall–Kier alpha value is -0.160. The Balaban J connectivity index is 2.54. The molecular weight excluding hydrogens is 122 g/mol. The topological polar surface area (TPSA) is 63.9 Å². The van der Waals surface area contributed by atoms with Gasteiger partial charge >= 0.3 is 0 Å². The molecule has 0 bridgehead atoms. The zero-order valence-electron chi connectivity index (χ0n) is 5.23. The summed E-state index contributed by atoms with van der Waals surface area (Å²) in [7, 11) is 0. The number of nitrogens with zero attached hydrogens (tertiary/aromatic N) is 1. The molecule has 4 heteroatoms. The summed E-state index contributed by atoms with van der Waals surface area (Å²) in [5.41, 5.74) is 0. The van der Waals surface area contributed by atoms with Crippen LogP contribution >= 0.6 is 0 Å². The SMILES string of the molecule is C[C@H]1[C@H](O)[C@H](O)CN1O. The van der Waals surface area contributed by atoms with Crippen LogP contribution in [-0.2, 0) is 0 Å². The number of aliphatic hydroxyl groups excluding tert-OH is 2. The standard InChI is InChI=1S/C5H11NO3/c1-3-5(8)4(7)2-6(3)9/h3-5,7-9H,2H2,1H3/t3-,4+,5-/m0/s1. The van der Waals surface area contributed by atoms with E-state index in [1.807, 2.05) is 0 Å². The highest BCUT2D eigenvalue weighted by Gasteiger charge is 2.35. The average Bonchev–Trinajstić information content (AvgIpc) is 1.98. The lowest BCUT2D eigenvalue weighted by molar-refractivity contribution is -0.110. The molecule has 0 aliphatic carbocycles. The van der Waals surface area contributed by atoms with Crippen LogP contribution in [-0.4, -0.2) is 45.3 Å². The Bertz CT molecular complexity index is 96.4. The molecule has 0 spiro atoms. The maximum Gasteiger partial charge on any atom is 0.0987 e. The second kappa shape index (κ2) is 2.22. The van der Waals surface area contributed by atoms with E-state index in [2.05, 4.69) is 0 Å². The third-order valence-electron chi connectivity index (χ3n) is 1.73. The van der Waals surface area contributed by atoms with Gasteiger partial charge in [0.25, 0.3) is 0 Å². The molecule has 0 radical (unpaired) electrons. The van der Waals surface area contributed by atoms with Crippen LogP contribution in [0.25, 0.3) is 0 Å². The van der Waals surface area contributed by atoms with E-state index in [9.17, 15) is 0 Å². The molecule has 0 saturated carbocycles. The van der Waals surface area contributed by atoms with E-state index in [-0.39, 0.29) is 12.6 Å². The van der Waals surface area contributed by atoms with E-state index in [0.717, 1.165) is 5.06 Å². The largest absolute Gasteiger partial charge is 0.389 e. The van der Waals surface area contributed by atoms with Crippen LogP contribution in [0.3, 0.4) is 0 Å². The van der Waals surface area contributed by atoms with E-state index in [4.69, 9.17) is 15.4 Å². The number of hydrogen-bond acceptors (Lipinski definition) is 4. The lowest BCUT2D eigenvalue weighted by atomic mass is 10.2. The van der Waals surface area contributed by atoms with Gasteiger partial charge in [0.1, 0.15) is 0 Å². The minimum absolute atomic E-state index is 0.141. The molecule has 1 aliphatic rings. The van der Waals surface area contributed by atoms with Gasteiger partial charge in [-0.2, -0.15) is 5.06 Å². The average molecular weight is 133 g/mol. The Morgan fingerprint density at radius 3 is 2.11 bits per heavy atom. The first kappa shape index (κ1) is 6.95. The second-order valence-corrected chi connectivity index (χ2v) is 2.42. The van der Waals surface area contributed by atoms with Crippen molar-refractivity contribution in [3.05, 3.63) is 0 Å². The summed E-state index contributed by atoms with van der Waals surface area (Å²) in [6.07, 6.45) is -1.61. The summed E-state index contributed by atoms with van der Waals surface area (Å²) in [5.74, 6) is 0. The fraction of sp³-hybridized carbons (Fsp3) is 1.00. The van der Waals surface area contributed by atoms with Gasteiger partial charge in [0.15, 0.2) is 0 Å². The summed E-state index contributed by atoms with van der Waals surface area (Å²) < 4.78 is 0. The van der Waals surface area contributed by atoms with Crippen molar-refractivity contribution in [2.75, 3.05) is 6.54 Å². The minimum atomic E-state index is -0.810. The van der Waals surface area contributed by atoms with Crippen molar-refractivity contribution in [1.82, 2.24) is 5.06 Å². The van der Waals surface area contributed by atoms with Gasteiger partial charge in [-0.15, -0.1) is 0 Å². The molecule has 3 atom stereocenters. The minimum Gasteiger partial charge on any atom is -0.389 e. The van der Waals surface area contributed by atoms with Crippen molar-refractivity contribution < 1.29 is 15.4 Å². The molecule has 1 fully saturated rings. The highest BCUT2D eigenvalue weighted by Crippen LogP contribution is 2.14. The normalized spacial score (nSPS) is 46.0. The zero-order chi connectivity index (χ0) is 7.02. The summed E-state index contributed by atoms with van der Waals surface area (Å²) >= 11 is 0. The van der Waals surface area contributed by atoms with Crippen molar-refractivity contribution in [1.29, 1.82) is 0 Å². The van der Waals surface area contributed by atoms with Crippen LogP contribution in [0, 0.1) is 0 Å². The third kappa shape index (κ3) is 1.07. The van der Waals surface area contributed by atoms with Crippen molar-refractivity contribution in [2.24, 2.45) is 0 Å². The Morgan fingerprint density at radius 1 is 1.44 bits per heavy atom. The second-order valence-electron chi connectivity index (χ2n) is 2.42. The van der Waals surface area contributed by atoms with Gasteiger partial charge in [0, 0.05) is 0 Å². The molecule has 0 aromatic rings. The van der Waals surface area contributed by atoms with Crippen LogP contribution in [0.1, 0.15) is 6.92 Å². The fourth-order valence-electron chi connectivity index (χ4n) is 0.964. The highest BCUT2D eigenvalue weighted by atomic mass is 16.5. The van der Waals surface area contributed by atoms with Gasteiger partial charge < -0.3 is 15.4 Å². The molecule has 3 N–H and O–H groups in total. The summed E-state index contributed by atoms with van der Waals surface area (Å²) in [4.78, 5) is 0. The number of hydroxylamine groups is 2. The first-order valence-corrected chi connectivity index (χ1v) is 2.94. The van der Waals surface area contributed by atoms with E-state index < -0.39 is 12.2 Å². The summed E-state index contributed by atoms with van der Waals surface area (Å²) in [6, 6.07) is -0.347. The number of aliphatic hydroxyl groups is 2. The molecule has 0 amide bonds. The Kier molecular flexibility index (Phi) is 1.72. The third-order valence-corrected chi connectivity index (χ3v) is 1.73. The molecule has 1 aliphatic heterocycles. The molecule has 1 saturated heterocycles. The van der Waals surface area contributed by atoms with Gasteiger partial charge in [-0.25, -0.2) is 0 Å². The smallest absolute Gasteiger partial charge is 0.0987 e. The van der Waals surface area contributed by atoms with Crippen molar-refractivity contribution in [3.8, 4) is 0 Å². The van der Waals surface area contributed by atoms with Gasteiger partial charge in [-0.05, 0) is 6.92 Å². The van der Waals surface area contributed by atoms with E-state index in [1.54, 1.807) is 6.92 Å². The predicted molar refractivity (Wildman–Crippen MR) is 30.0 cm³/mol. The van der Waals surface area contributed by atoms with Crippen LogP contribution in [0.4, 0.5) is 0 Å². The number of β-amino-alcohol motifs (C(OH)–C–C–N with tert-alkyl or cyclic N) is 1. The molecule has 0 aromatic carbocycles. The first-order valence-electron chi connectivity index (χ1n) is 2.94. The maximum absolute atomic E-state index is 8.98. The van der Waals surface area contributed by atoms with E-state index >= 15 is 0 Å². The monoisotopic (exact) mass is 133 g/mol. The predicted octanol–water partition coefficient (Wildman–Crippen LogP) is -1.20. The van der Waals surface area contributed by atoms with Crippen LogP contribution < -0.4 is 0 Å². The maximum atomic E-state index is 8.98. The molecule has 0 unspecified atom stereocenters. The molecular formula is C5H11NO3. The van der Waals surface area contributed by atoms with Gasteiger partial charge in [-0.3, -0.25) is 0 Å². The fourth-order valence-corrected chi connectivity index (χ4v) is 0.964. The van der Waals surface area contributed by atoms with Gasteiger partial charge in [-0.1, -0.05) is 0 Å². The molecule has 1 heterocycles. The van der Waals surface area contributed by atoms with Crippen LogP contribution in [0.15, 0.2) is 0 Å². The molecule has 54 valence electrons. The van der Waals surface area contributed by atoms with E-state index in [0.29, 0.717) is 0 Å². The molecule has 0 aromatic heterocycles. The summed E-state index contributed by atoms with van der Waals surface area (Å²) in [6.45, 7) is 1.79. The lowest BCUT2D eigenvalue weighted by Gasteiger charge is -2.13. The zero-order valence-corrected chi connectivity index (χ0v) is 5.23. The van der Waals surface area contributed by atoms with Crippen LogP contribution in [0.5, 0.6) is 0 Å². The van der Waals surface area contributed by atoms with Crippen LogP contribution in [0.2, 0.25) is 0 Å². The van der Waals surface area contributed by atoms with Crippen molar-refractivity contribution in [2.45, 2.75) is 25.2 Å². The lowest BCUT2D eigenvalue weighted by Crippen LogP contribution is -2.30. The Morgan fingerprint density at radius 2 is 2.00 bits per heavy atom. The van der Waals surface area contributed by atoms with Gasteiger partial charge in [0.05, 0.1) is 24.8 Å². The summed E-state index contributed by atoms with van der Waals surface area (Å²) in [5, 5.41) is 27.7. The van der Waals surface area contributed by atoms with Crippen molar-refractivity contribution in [3.63, 3.8) is 0 Å². The molecule has 1 rings (SSSR count).